The van der Waals surface area contributed by atoms with E-state index in [9.17, 15) is 9.18 Å². The molecule has 6 nitrogen and oxygen atoms in total. The van der Waals surface area contributed by atoms with Gasteiger partial charge in [-0.2, -0.15) is 4.98 Å². The number of amides is 1. The molecule has 1 aromatic carbocycles. The maximum absolute atomic E-state index is 13.5. The third-order valence-electron chi connectivity index (χ3n) is 2.60. The largest absolute Gasteiger partial charge is 0.478 e. The van der Waals surface area contributed by atoms with E-state index >= 15 is 0 Å². The van der Waals surface area contributed by atoms with Crippen molar-refractivity contribution < 1.29 is 13.9 Å². The quantitative estimate of drug-likeness (QED) is 0.877. The van der Waals surface area contributed by atoms with Crippen LogP contribution in [0.1, 0.15) is 19.2 Å². The predicted octanol–water partition coefficient (Wildman–Crippen LogP) is 2.05. The molecule has 1 aromatic heterocycles. The minimum absolute atomic E-state index is 0.0423. The molecule has 0 saturated heterocycles. The zero-order chi connectivity index (χ0) is 14.5. The fourth-order valence-corrected chi connectivity index (χ4v) is 1.61. The summed E-state index contributed by atoms with van der Waals surface area (Å²) in [5.41, 5.74) is 0. The Balaban J connectivity index is 2.04. The highest BCUT2D eigenvalue weighted by Crippen LogP contribution is 2.18. The SMILES string of the molecule is CC[C@@H](Oc1ccccc1F)C(=O)Nc1n[nH]c(C)n1. The molecule has 2 aromatic rings. The monoisotopic (exact) mass is 278 g/mol. The number of nitrogens with one attached hydrogen (secondary N) is 2. The number of nitrogens with zero attached hydrogens (tertiary/aromatic N) is 2. The highest BCUT2D eigenvalue weighted by molar-refractivity contribution is 5.92. The van der Waals surface area contributed by atoms with Gasteiger partial charge in [0.05, 0.1) is 0 Å². The lowest BCUT2D eigenvalue weighted by molar-refractivity contribution is -0.123. The summed E-state index contributed by atoms with van der Waals surface area (Å²) in [6, 6.07) is 5.95. The number of halogens is 1. The number of H-pyrrole nitrogens is 1. The van der Waals surface area contributed by atoms with Gasteiger partial charge in [0.25, 0.3) is 5.91 Å². The average molecular weight is 278 g/mol. The van der Waals surface area contributed by atoms with Crippen LogP contribution >= 0.6 is 0 Å². The van der Waals surface area contributed by atoms with Crippen molar-refractivity contribution in [2.75, 3.05) is 5.32 Å². The summed E-state index contributed by atoms with van der Waals surface area (Å²) in [6.45, 7) is 3.49. The van der Waals surface area contributed by atoms with Gasteiger partial charge in [-0.25, -0.2) is 4.39 Å². The van der Waals surface area contributed by atoms with Crippen LogP contribution < -0.4 is 10.1 Å². The molecule has 1 heterocycles. The van der Waals surface area contributed by atoms with E-state index in [0.29, 0.717) is 12.2 Å². The number of rotatable bonds is 5. The van der Waals surface area contributed by atoms with Crippen LogP contribution in [0.5, 0.6) is 5.75 Å². The first kappa shape index (κ1) is 14.0. The summed E-state index contributed by atoms with van der Waals surface area (Å²) >= 11 is 0. The fraction of sp³-hybridized carbons (Fsp3) is 0.308. The molecule has 0 fully saturated rings. The Kier molecular flexibility index (Phi) is 4.29. The van der Waals surface area contributed by atoms with Gasteiger partial charge in [-0.05, 0) is 25.5 Å². The van der Waals surface area contributed by atoms with Gasteiger partial charge in [0.1, 0.15) is 5.82 Å². The molecule has 7 heteroatoms. The average Bonchev–Trinajstić information content (AvgIpc) is 2.83. The van der Waals surface area contributed by atoms with Crippen LogP contribution in [0, 0.1) is 12.7 Å². The molecule has 1 amide bonds. The van der Waals surface area contributed by atoms with Gasteiger partial charge < -0.3 is 4.74 Å². The van der Waals surface area contributed by atoms with Crippen molar-refractivity contribution in [3.8, 4) is 5.75 Å². The molecule has 0 aliphatic rings. The summed E-state index contributed by atoms with van der Waals surface area (Å²) in [7, 11) is 0. The first-order valence-electron chi connectivity index (χ1n) is 6.21. The number of carbonyl (C=O) groups excluding carboxylic acids is 1. The highest BCUT2D eigenvalue weighted by Gasteiger charge is 2.21. The third-order valence-corrected chi connectivity index (χ3v) is 2.60. The smallest absolute Gasteiger partial charge is 0.267 e. The molecule has 0 saturated carbocycles. The summed E-state index contributed by atoms with van der Waals surface area (Å²) in [5.74, 6) is -0.130. The van der Waals surface area contributed by atoms with Gasteiger partial charge in [0, 0.05) is 0 Å². The van der Waals surface area contributed by atoms with E-state index in [4.69, 9.17) is 4.74 Å². The van der Waals surface area contributed by atoms with Crippen molar-refractivity contribution in [3.05, 3.63) is 35.9 Å². The lowest BCUT2D eigenvalue weighted by atomic mass is 10.2. The number of aryl methyl sites for hydroxylation is 1. The van der Waals surface area contributed by atoms with Crippen LogP contribution in [0.15, 0.2) is 24.3 Å². The lowest BCUT2D eigenvalue weighted by Gasteiger charge is -2.16. The summed E-state index contributed by atoms with van der Waals surface area (Å²) in [6.07, 6.45) is -0.422. The number of anilines is 1. The first-order chi connectivity index (χ1) is 9.60. The Morgan fingerprint density at radius 3 is 2.85 bits per heavy atom. The van der Waals surface area contributed by atoms with Crippen molar-refractivity contribution in [3.63, 3.8) is 0 Å². The van der Waals surface area contributed by atoms with Crippen molar-refractivity contribution in [1.29, 1.82) is 0 Å². The van der Waals surface area contributed by atoms with Crippen LogP contribution in [0.25, 0.3) is 0 Å². The second-order valence-electron chi connectivity index (χ2n) is 4.18. The van der Waals surface area contributed by atoms with Crippen LogP contribution in [0.4, 0.5) is 10.3 Å². The number of ether oxygens (including phenoxy) is 1. The first-order valence-corrected chi connectivity index (χ1v) is 6.21. The summed E-state index contributed by atoms with van der Waals surface area (Å²) in [4.78, 5) is 16.0. The molecular formula is C13H15FN4O2. The van der Waals surface area contributed by atoms with Crippen LogP contribution in [-0.2, 0) is 4.79 Å². The molecule has 106 valence electrons. The minimum atomic E-state index is -0.814. The number of aromatic amines is 1. The van der Waals surface area contributed by atoms with Crippen LogP contribution in [0.3, 0.4) is 0 Å². The van der Waals surface area contributed by atoms with E-state index in [0.717, 1.165) is 0 Å². The van der Waals surface area contributed by atoms with E-state index in [1.807, 2.05) is 0 Å². The van der Waals surface area contributed by atoms with Gasteiger partial charge in [-0.3, -0.25) is 15.2 Å². The normalized spacial score (nSPS) is 11.9. The Labute approximate surface area is 115 Å². The van der Waals surface area contributed by atoms with Crippen LogP contribution in [0.2, 0.25) is 0 Å². The Hall–Kier alpha value is -2.44. The van der Waals surface area contributed by atoms with Gasteiger partial charge in [-0.1, -0.05) is 19.1 Å². The summed E-state index contributed by atoms with van der Waals surface area (Å²) < 4.78 is 18.9. The second-order valence-corrected chi connectivity index (χ2v) is 4.18. The van der Waals surface area contributed by atoms with Gasteiger partial charge in [0.15, 0.2) is 17.7 Å². The molecule has 0 bridgehead atoms. The Bertz CT molecular complexity index is 600. The molecule has 0 spiro atoms. The molecule has 0 aliphatic carbocycles. The van der Waals surface area contributed by atoms with E-state index in [1.54, 1.807) is 26.0 Å². The number of para-hydroxylation sites is 1. The van der Waals surface area contributed by atoms with Crippen molar-refractivity contribution in [2.24, 2.45) is 0 Å². The minimum Gasteiger partial charge on any atom is -0.478 e. The van der Waals surface area contributed by atoms with Crippen molar-refractivity contribution >= 4 is 11.9 Å². The number of carbonyl (C=O) groups is 1. The Morgan fingerprint density at radius 2 is 2.25 bits per heavy atom. The van der Waals surface area contributed by atoms with E-state index < -0.39 is 17.8 Å². The van der Waals surface area contributed by atoms with Crippen molar-refractivity contribution in [1.82, 2.24) is 15.2 Å². The molecule has 20 heavy (non-hydrogen) atoms. The molecule has 0 radical (unpaired) electrons. The van der Waals surface area contributed by atoms with Gasteiger partial charge in [0.2, 0.25) is 5.95 Å². The molecular weight excluding hydrogens is 263 g/mol. The highest BCUT2D eigenvalue weighted by atomic mass is 19.1. The summed E-state index contributed by atoms with van der Waals surface area (Å²) in [5, 5.41) is 8.93. The van der Waals surface area contributed by atoms with Gasteiger partial charge in [-0.15, -0.1) is 5.10 Å². The Morgan fingerprint density at radius 1 is 1.50 bits per heavy atom. The van der Waals surface area contributed by atoms with Crippen LogP contribution in [-0.4, -0.2) is 27.2 Å². The van der Waals surface area contributed by atoms with Crippen molar-refractivity contribution in [2.45, 2.75) is 26.4 Å². The molecule has 0 unspecified atom stereocenters. The zero-order valence-corrected chi connectivity index (χ0v) is 11.2. The molecule has 0 aliphatic heterocycles. The number of hydrogen-bond acceptors (Lipinski definition) is 4. The van der Waals surface area contributed by atoms with E-state index in [1.165, 1.54) is 12.1 Å². The third kappa shape index (κ3) is 3.31. The number of aromatic nitrogens is 3. The zero-order valence-electron chi connectivity index (χ0n) is 11.2. The van der Waals surface area contributed by atoms with E-state index in [-0.39, 0.29) is 11.7 Å². The topological polar surface area (TPSA) is 79.9 Å². The predicted molar refractivity (Wildman–Crippen MR) is 70.9 cm³/mol. The van der Waals surface area contributed by atoms with E-state index in [2.05, 4.69) is 20.5 Å². The molecule has 2 N–H and O–H groups in total. The maximum Gasteiger partial charge on any atom is 0.267 e. The lowest BCUT2D eigenvalue weighted by Crippen LogP contribution is -2.33. The number of hydrogen-bond donors (Lipinski definition) is 2. The maximum atomic E-state index is 13.5. The molecule has 1 atom stereocenters. The molecule has 2 rings (SSSR count). The number of benzene rings is 1. The fourth-order valence-electron chi connectivity index (χ4n) is 1.61. The second kappa shape index (κ2) is 6.14. The standard InChI is InChI=1S/C13H15FN4O2/c1-3-10(20-11-7-5-4-6-9(11)14)12(19)16-13-15-8(2)17-18-13/h4-7,10H,3H2,1-2H3,(H2,15,16,17,18,19)/t10-/m1/s1. The van der Waals surface area contributed by atoms with Gasteiger partial charge >= 0.3 is 0 Å².